The van der Waals surface area contributed by atoms with Gasteiger partial charge >= 0.3 is 0 Å². The van der Waals surface area contributed by atoms with E-state index in [0.717, 1.165) is 11.6 Å². The standard InChI is InChI=1S/C11H16ClN/c1-2-3-8-13-9-10-4-6-11(12)7-5-10/h4-7,13H,2-3,8-9H2,1H3/p+1. The van der Waals surface area contributed by atoms with Gasteiger partial charge in [0.1, 0.15) is 6.54 Å². The van der Waals surface area contributed by atoms with Crippen LogP contribution in [0.4, 0.5) is 0 Å². The predicted octanol–water partition coefficient (Wildman–Crippen LogP) is 2.20. The Labute approximate surface area is 85.1 Å². The van der Waals surface area contributed by atoms with Gasteiger partial charge in [-0.05, 0) is 18.6 Å². The summed E-state index contributed by atoms with van der Waals surface area (Å²) >= 11 is 5.79. The molecule has 0 amide bonds. The summed E-state index contributed by atoms with van der Waals surface area (Å²) in [5.41, 5.74) is 1.35. The molecule has 2 heteroatoms. The second kappa shape index (κ2) is 6.01. The van der Waals surface area contributed by atoms with Gasteiger partial charge in [0.05, 0.1) is 6.54 Å². The van der Waals surface area contributed by atoms with Crippen molar-refractivity contribution in [2.45, 2.75) is 26.3 Å². The van der Waals surface area contributed by atoms with Crippen molar-refractivity contribution in [2.24, 2.45) is 0 Å². The van der Waals surface area contributed by atoms with Crippen LogP contribution < -0.4 is 5.32 Å². The minimum atomic E-state index is 0.817. The first kappa shape index (κ1) is 10.6. The van der Waals surface area contributed by atoms with Crippen molar-refractivity contribution in [1.82, 2.24) is 0 Å². The smallest absolute Gasteiger partial charge is 0.101 e. The molecule has 1 rings (SSSR count). The number of hydrogen-bond donors (Lipinski definition) is 1. The van der Waals surface area contributed by atoms with Crippen LogP contribution >= 0.6 is 11.6 Å². The number of benzene rings is 1. The molecular weight excluding hydrogens is 182 g/mol. The molecule has 0 atom stereocenters. The molecule has 0 heterocycles. The summed E-state index contributed by atoms with van der Waals surface area (Å²) < 4.78 is 0. The first-order valence-electron chi connectivity index (χ1n) is 4.89. The highest BCUT2D eigenvalue weighted by molar-refractivity contribution is 6.30. The Morgan fingerprint density at radius 3 is 2.54 bits per heavy atom. The summed E-state index contributed by atoms with van der Waals surface area (Å²) in [5.74, 6) is 0. The zero-order valence-electron chi connectivity index (χ0n) is 8.09. The minimum absolute atomic E-state index is 0.817. The van der Waals surface area contributed by atoms with Gasteiger partial charge in [-0.15, -0.1) is 0 Å². The van der Waals surface area contributed by atoms with Crippen molar-refractivity contribution >= 4 is 11.6 Å². The monoisotopic (exact) mass is 198 g/mol. The molecular formula is C11H17ClN+. The van der Waals surface area contributed by atoms with E-state index in [1.54, 1.807) is 0 Å². The van der Waals surface area contributed by atoms with E-state index in [0.29, 0.717) is 0 Å². The summed E-state index contributed by atoms with van der Waals surface area (Å²) in [5, 5.41) is 3.16. The van der Waals surface area contributed by atoms with Crippen molar-refractivity contribution in [1.29, 1.82) is 0 Å². The van der Waals surface area contributed by atoms with Crippen molar-refractivity contribution < 1.29 is 5.32 Å². The van der Waals surface area contributed by atoms with E-state index in [9.17, 15) is 0 Å². The average Bonchev–Trinajstić information content (AvgIpc) is 2.15. The molecule has 0 saturated carbocycles. The molecule has 1 nitrogen and oxygen atoms in total. The van der Waals surface area contributed by atoms with E-state index in [1.807, 2.05) is 12.1 Å². The quantitative estimate of drug-likeness (QED) is 0.699. The van der Waals surface area contributed by atoms with Crippen LogP contribution in [0.1, 0.15) is 25.3 Å². The molecule has 13 heavy (non-hydrogen) atoms. The third kappa shape index (κ3) is 4.30. The zero-order chi connectivity index (χ0) is 9.52. The van der Waals surface area contributed by atoms with Gasteiger partial charge in [-0.3, -0.25) is 0 Å². The maximum Gasteiger partial charge on any atom is 0.101 e. The molecule has 0 fully saturated rings. The molecule has 72 valence electrons. The lowest BCUT2D eigenvalue weighted by Gasteiger charge is -2.00. The first-order chi connectivity index (χ1) is 6.33. The highest BCUT2D eigenvalue weighted by atomic mass is 35.5. The van der Waals surface area contributed by atoms with Crippen molar-refractivity contribution in [3.05, 3.63) is 34.9 Å². The SMILES string of the molecule is CCCC[NH2+]Cc1ccc(Cl)cc1. The fourth-order valence-corrected chi connectivity index (χ4v) is 1.36. The van der Waals surface area contributed by atoms with E-state index in [-0.39, 0.29) is 0 Å². The first-order valence-corrected chi connectivity index (χ1v) is 5.27. The second-order valence-corrected chi connectivity index (χ2v) is 3.70. The Morgan fingerprint density at radius 1 is 1.23 bits per heavy atom. The predicted molar refractivity (Wildman–Crippen MR) is 56.9 cm³/mol. The van der Waals surface area contributed by atoms with Gasteiger partial charge in [-0.1, -0.05) is 37.1 Å². The molecule has 0 aliphatic heterocycles. The van der Waals surface area contributed by atoms with Crippen molar-refractivity contribution in [3.63, 3.8) is 0 Å². The summed E-state index contributed by atoms with van der Waals surface area (Å²) in [6.45, 7) is 4.51. The van der Waals surface area contributed by atoms with Crippen LogP contribution in [0.25, 0.3) is 0 Å². The fourth-order valence-electron chi connectivity index (χ4n) is 1.24. The van der Waals surface area contributed by atoms with Crippen LogP contribution in [-0.2, 0) is 6.54 Å². The molecule has 0 unspecified atom stereocenters. The van der Waals surface area contributed by atoms with Gasteiger partial charge in [0.15, 0.2) is 0 Å². The van der Waals surface area contributed by atoms with Crippen molar-refractivity contribution in [2.75, 3.05) is 6.54 Å². The average molecular weight is 199 g/mol. The van der Waals surface area contributed by atoms with E-state index < -0.39 is 0 Å². The number of quaternary nitrogens is 1. The van der Waals surface area contributed by atoms with E-state index in [4.69, 9.17) is 11.6 Å². The molecule has 0 bridgehead atoms. The lowest BCUT2D eigenvalue weighted by molar-refractivity contribution is -0.670. The number of unbranched alkanes of at least 4 members (excludes halogenated alkanes) is 1. The van der Waals surface area contributed by atoms with Gasteiger partial charge in [0, 0.05) is 10.6 Å². The number of hydrogen-bond acceptors (Lipinski definition) is 0. The molecule has 0 saturated heterocycles. The Hall–Kier alpha value is -0.530. The van der Waals surface area contributed by atoms with Gasteiger partial charge < -0.3 is 5.32 Å². The Balaban J connectivity index is 2.25. The van der Waals surface area contributed by atoms with Crippen LogP contribution in [-0.4, -0.2) is 6.54 Å². The Morgan fingerprint density at radius 2 is 1.92 bits per heavy atom. The number of rotatable bonds is 5. The summed E-state index contributed by atoms with van der Waals surface area (Å²) in [4.78, 5) is 0. The topological polar surface area (TPSA) is 16.6 Å². The molecule has 0 spiro atoms. The van der Waals surface area contributed by atoms with Gasteiger partial charge in [-0.2, -0.15) is 0 Å². The second-order valence-electron chi connectivity index (χ2n) is 3.26. The highest BCUT2D eigenvalue weighted by Crippen LogP contribution is 2.08. The van der Waals surface area contributed by atoms with Crippen LogP contribution in [0.15, 0.2) is 24.3 Å². The summed E-state index contributed by atoms with van der Waals surface area (Å²) in [6.07, 6.45) is 2.57. The molecule has 2 N–H and O–H groups in total. The maximum atomic E-state index is 5.79. The zero-order valence-corrected chi connectivity index (χ0v) is 8.85. The lowest BCUT2D eigenvalue weighted by atomic mass is 10.2. The molecule has 0 radical (unpaired) electrons. The van der Waals surface area contributed by atoms with E-state index in [1.165, 1.54) is 24.9 Å². The highest BCUT2D eigenvalue weighted by Gasteiger charge is 1.94. The van der Waals surface area contributed by atoms with Crippen LogP contribution in [0.2, 0.25) is 5.02 Å². The molecule has 1 aromatic rings. The Bertz CT molecular complexity index is 230. The summed E-state index contributed by atoms with van der Waals surface area (Å²) in [6, 6.07) is 8.07. The third-order valence-corrected chi connectivity index (χ3v) is 2.31. The normalized spacial score (nSPS) is 10.3. The molecule has 0 aromatic heterocycles. The number of nitrogens with two attached hydrogens (primary N) is 1. The van der Waals surface area contributed by atoms with Crippen molar-refractivity contribution in [3.8, 4) is 0 Å². The molecule has 1 aromatic carbocycles. The summed E-state index contributed by atoms with van der Waals surface area (Å²) in [7, 11) is 0. The van der Waals surface area contributed by atoms with E-state index in [2.05, 4.69) is 24.4 Å². The maximum absolute atomic E-state index is 5.79. The third-order valence-electron chi connectivity index (χ3n) is 2.06. The Kier molecular flexibility index (Phi) is 4.87. The lowest BCUT2D eigenvalue weighted by Crippen LogP contribution is -2.82. The molecule has 0 aliphatic carbocycles. The fraction of sp³-hybridized carbons (Fsp3) is 0.455. The van der Waals surface area contributed by atoms with Crippen LogP contribution in [0.3, 0.4) is 0 Å². The van der Waals surface area contributed by atoms with Crippen LogP contribution in [0.5, 0.6) is 0 Å². The largest absolute Gasteiger partial charge is 0.343 e. The van der Waals surface area contributed by atoms with Gasteiger partial charge in [0.2, 0.25) is 0 Å². The van der Waals surface area contributed by atoms with Gasteiger partial charge in [-0.25, -0.2) is 0 Å². The van der Waals surface area contributed by atoms with E-state index >= 15 is 0 Å². The molecule has 0 aliphatic rings. The van der Waals surface area contributed by atoms with Gasteiger partial charge in [0.25, 0.3) is 0 Å². The van der Waals surface area contributed by atoms with Crippen LogP contribution in [0, 0.1) is 0 Å². The minimum Gasteiger partial charge on any atom is -0.343 e. The number of halogens is 1.